The second-order valence-electron chi connectivity index (χ2n) is 4.71. The zero-order valence-electron chi connectivity index (χ0n) is 12.1. The quantitative estimate of drug-likeness (QED) is 0.589. The number of oxime groups is 1. The lowest BCUT2D eigenvalue weighted by Crippen LogP contribution is -2.14. The number of benzene rings is 1. The van der Waals surface area contributed by atoms with Gasteiger partial charge in [-0.3, -0.25) is 4.21 Å². The van der Waals surface area contributed by atoms with Crippen molar-refractivity contribution < 1.29 is 22.2 Å². The number of halogens is 3. The maximum absolute atomic E-state index is 12.0. The molecule has 0 spiro atoms. The third kappa shape index (κ3) is 5.87. The molecule has 1 rings (SSSR count). The van der Waals surface area contributed by atoms with Crippen molar-refractivity contribution in [1.29, 1.82) is 0 Å². The fraction of sp³-hybridized carbons (Fsp3) is 0.500. The Hall–Kier alpha value is -1.37. The molecule has 7 heteroatoms. The van der Waals surface area contributed by atoms with Crippen LogP contribution in [0.1, 0.15) is 37.8 Å². The summed E-state index contributed by atoms with van der Waals surface area (Å²) in [5, 5.41) is 3.28. The van der Waals surface area contributed by atoms with E-state index in [2.05, 4.69) is 9.99 Å². The van der Waals surface area contributed by atoms with Gasteiger partial charge in [0.25, 0.3) is 0 Å². The highest BCUT2D eigenvalue weighted by Crippen LogP contribution is 2.23. The standard InChI is InChI=1S/C14H18F3NO2S/c1-4-21(19)13-7-11(5-6-12(13)10(2)3)8-18-20-9-14(15,16)17/h5-8,10H,4,9H2,1-3H3/b18-8+. The lowest BCUT2D eigenvalue weighted by atomic mass is 10.0. The van der Waals surface area contributed by atoms with Crippen LogP contribution >= 0.6 is 0 Å². The lowest BCUT2D eigenvalue weighted by Gasteiger charge is -2.12. The molecule has 1 aromatic carbocycles. The van der Waals surface area contributed by atoms with Gasteiger partial charge in [0.15, 0.2) is 0 Å². The van der Waals surface area contributed by atoms with E-state index in [0.29, 0.717) is 16.2 Å². The van der Waals surface area contributed by atoms with Crippen LogP contribution in [0.2, 0.25) is 0 Å². The molecule has 0 saturated carbocycles. The molecular weight excluding hydrogens is 303 g/mol. The molecule has 0 aliphatic heterocycles. The minimum Gasteiger partial charge on any atom is -0.386 e. The van der Waals surface area contributed by atoms with Crippen molar-refractivity contribution in [3.8, 4) is 0 Å². The minimum atomic E-state index is -4.41. The molecule has 1 unspecified atom stereocenters. The van der Waals surface area contributed by atoms with Crippen LogP contribution < -0.4 is 0 Å². The lowest BCUT2D eigenvalue weighted by molar-refractivity contribution is -0.173. The van der Waals surface area contributed by atoms with Gasteiger partial charge in [-0.2, -0.15) is 13.2 Å². The maximum atomic E-state index is 12.0. The Labute approximate surface area is 124 Å². The average Bonchev–Trinajstić information content (AvgIpc) is 2.41. The number of hydrogen-bond donors (Lipinski definition) is 0. The smallest absolute Gasteiger partial charge is 0.386 e. The highest BCUT2D eigenvalue weighted by Gasteiger charge is 2.28. The van der Waals surface area contributed by atoms with Gasteiger partial charge in [-0.15, -0.1) is 0 Å². The summed E-state index contributed by atoms with van der Waals surface area (Å²) in [5.41, 5.74) is 1.52. The molecule has 0 radical (unpaired) electrons. The predicted octanol–water partition coefficient (Wildman–Crippen LogP) is 3.85. The fourth-order valence-corrected chi connectivity index (χ4v) is 2.81. The topological polar surface area (TPSA) is 38.7 Å². The van der Waals surface area contributed by atoms with E-state index in [0.717, 1.165) is 5.56 Å². The van der Waals surface area contributed by atoms with Gasteiger partial charge in [0.1, 0.15) is 0 Å². The Kier molecular flexibility index (Phi) is 6.39. The Morgan fingerprint density at radius 3 is 2.57 bits per heavy atom. The highest BCUT2D eigenvalue weighted by molar-refractivity contribution is 7.85. The molecule has 0 aromatic heterocycles. The summed E-state index contributed by atoms with van der Waals surface area (Å²) in [5.74, 6) is 0.688. The maximum Gasteiger partial charge on any atom is 0.425 e. The zero-order valence-corrected chi connectivity index (χ0v) is 12.9. The molecule has 0 N–H and O–H groups in total. The minimum absolute atomic E-state index is 0.211. The number of rotatable bonds is 6. The first-order valence-electron chi connectivity index (χ1n) is 6.49. The Morgan fingerprint density at radius 1 is 1.38 bits per heavy atom. The van der Waals surface area contributed by atoms with Crippen molar-refractivity contribution in [1.82, 2.24) is 0 Å². The molecule has 21 heavy (non-hydrogen) atoms. The molecule has 0 aliphatic carbocycles. The van der Waals surface area contributed by atoms with E-state index in [9.17, 15) is 17.4 Å². The monoisotopic (exact) mass is 321 g/mol. The molecule has 0 fully saturated rings. The van der Waals surface area contributed by atoms with Crippen LogP contribution in [-0.4, -0.2) is 29.0 Å². The summed E-state index contributed by atoms with van der Waals surface area (Å²) in [7, 11) is -1.14. The zero-order chi connectivity index (χ0) is 16.0. The predicted molar refractivity (Wildman–Crippen MR) is 77.1 cm³/mol. The number of alkyl halides is 3. The number of hydrogen-bond acceptors (Lipinski definition) is 3. The molecule has 0 saturated heterocycles. The summed E-state index contributed by atoms with van der Waals surface area (Å²) in [4.78, 5) is 4.86. The molecule has 0 bridgehead atoms. The van der Waals surface area contributed by atoms with Crippen LogP contribution in [0.15, 0.2) is 28.3 Å². The molecule has 0 heterocycles. The van der Waals surface area contributed by atoms with Crippen molar-refractivity contribution in [2.75, 3.05) is 12.4 Å². The Bertz CT molecular complexity index is 527. The van der Waals surface area contributed by atoms with Crippen molar-refractivity contribution in [3.63, 3.8) is 0 Å². The van der Waals surface area contributed by atoms with E-state index < -0.39 is 23.6 Å². The first-order valence-corrected chi connectivity index (χ1v) is 7.81. The summed E-state index contributed by atoms with van der Waals surface area (Å²) < 4.78 is 47.7. The Balaban J connectivity index is 2.90. The van der Waals surface area contributed by atoms with Gasteiger partial charge < -0.3 is 4.84 Å². The van der Waals surface area contributed by atoms with E-state index in [1.807, 2.05) is 26.8 Å². The summed E-state index contributed by atoms with van der Waals surface area (Å²) in [6.07, 6.45) is -3.22. The van der Waals surface area contributed by atoms with Crippen LogP contribution in [0.5, 0.6) is 0 Å². The first kappa shape index (κ1) is 17.7. The van der Waals surface area contributed by atoms with Gasteiger partial charge in [0, 0.05) is 10.6 Å². The average molecular weight is 321 g/mol. The summed E-state index contributed by atoms with van der Waals surface area (Å²) in [6.45, 7) is 4.37. The van der Waals surface area contributed by atoms with E-state index >= 15 is 0 Å². The van der Waals surface area contributed by atoms with Gasteiger partial charge in [-0.25, -0.2) is 0 Å². The molecular formula is C14H18F3NO2S. The fourth-order valence-electron chi connectivity index (χ4n) is 1.67. The van der Waals surface area contributed by atoms with Gasteiger partial charge in [0.2, 0.25) is 6.61 Å². The number of nitrogens with zero attached hydrogens (tertiary/aromatic N) is 1. The molecule has 0 amide bonds. The molecule has 1 atom stereocenters. The third-order valence-electron chi connectivity index (χ3n) is 2.67. The van der Waals surface area contributed by atoms with Crippen LogP contribution in [0.25, 0.3) is 0 Å². The van der Waals surface area contributed by atoms with Gasteiger partial charge in [-0.1, -0.05) is 38.1 Å². The second kappa shape index (κ2) is 7.59. The summed E-state index contributed by atoms with van der Waals surface area (Å²) >= 11 is 0. The van der Waals surface area contributed by atoms with Crippen molar-refractivity contribution in [3.05, 3.63) is 29.3 Å². The molecule has 0 aliphatic rings. The van der Waals surface area contributed by atoms with E-state index in [4.69, 9.17) is 0 Å². The largest absolute Gasteiger partial charge is 0.425 e. The summed E-state index contributed by atoms with van der Waals surface area (Å²) in [6, 6.07) is 5.21. The molecule has 118 valence electrons. The van der Waals surface area contributed by atoms with Crippen molar-refractivity contribution in [2.24, 2.45) is 5.16 Å². The van der Waals surface area contributed by atoms with E-state index in [1.54, 1.807) is 12.1 Å². The van der Waals surface area contributed by atoms with Crippen LogP contribution in [-0.2, 0) is 15.6 Å². The van der Waals surface area contributed by atoms with E-state index in [-0.39, 0.29) is 5.92 Å². The SMILES string of the molecule is CCS(=O)c1cc(/C=N/OCC(F)(F)F)ccc1C(C)C. The third-order valence-corrected chi connectivity index (χ3v) is 4.04. The van der Waals surface area contributed by atoms with Gasteiger partial charge in [0.05, 0.1) is 17.0 Å². The van der Waals surface area contributed by atoms with Gasteiger partial charge in [-0.05, 0) is 23.1 Å². The Morgan fingerprint density at radius 2 is 2.05 bits per heavy atom. The van der Waals surface area contributed by atoms with Crippen LogP contribution in [0.4, 0.5) is 13.2 Å². The van der Waals surface area contributed by atoms with Crippen molar-refractivity contribution in [2.45, 2.75) is 37.8 Å². The highest BCUT2D eigenvalue weighted by atomic mass is 32.2. The molecule has 3 nitrogen and oxygen atoms in total. The van der Waals surface area contributed by atoms with Crippen LogP contribution in [0, 0.1) is 0 Å². The second-order valence-corrected chi connectivity index (χ2v) is 6.42. The van der Waals surface area contributed by atoms with Crippen LogP contribution in [0.3, 0.4) is 0 Å². The van der Waals surface area contributed by atoms with Gasteiger partial charge >= 0.3 is 6.18 Å². The molecule has 1 aromatic rings. The van der Waals surface area contributed by atoms with Crippen molar-refractivity contribution >= 4 is 17.0 Å². The first-order chi connectivity index (χ1) is 9.74. The van der Waals surface area contributed by atoms with E-state index in [1.165, 1.54) is 6.21 Å². The normalized spacial score (nSPS) is 13.9.